The van der Waals surface area contributed by atoms with Crippen LogP contribution in [0.3, 0.4) is 0 Å². The van der Waals surface area contributed by atoms with Crippen LogP contribution in [-0.4, -0.2) is 18.2 Å². The molecule has 0 aliphatic carbocycles. The molecule has 2 rings (SSSR count). The van der Waals surface area contributed by atoms with E-state index in [-0.39, 0.29) is 0 Å². The molecule has 0 atom stereocenters. The molecule has 0 spiro atoms. The van der Waals surface area contributed by atoms with Gasteiger partial charge in [0.1, 0.15) is 12.0 Å². The largest absolute Gasteiger partial charge is 0.465 e. The summed E-state index contributed by atoms with van der Waals surface area (Å²) in [4.78, 5) is 11.5. The standard InChI is InChI=1S/C12H13N3O3/c1-17-12(16)10-6-8(2-3-11(10)13)14-7-9-4-5-18-15-9/h2-6,14H,7,13H2,1H3. The molecule has 1 aromatic heterocycles. The van der Waals surface area contributed by atoms with Crippen LogP contribution in [0.2, 0.25) is 0 Å². The number of nitrogens with one attached hydrogen (secondary N) is 1. The first-order valence-electron chi connectivity index (χ1n) is 5.31. The molecule has 1 aromatic carbocycles. The summed E-state index contributed by atoms with van der Waals surface area (Å²) in [7, 11) is 1.32. The summed E-state index contributed by atoms with van der Waals surface area (Å²) in [5, 5.41) is 6.88. The number of rotatable bonds is 4. The minimum atomic E-state index is -0.461. The summed E-state index contributed by atoms with van der Waals surface area (Å²) in [5.41, 5.74) is 7.95. The van der Waals surface area contributed by atoms with Gasteiger partial charge in [-0.2, -0.15) is 0 Å². The van der Waals surface area contributed by atoms with Gasteiger partial charge in [-0.3, -0.25) is 0 Å². The predicted octanol–water partition coefficient (Wildman–Crippen LogP) is 1.66. The Morgan fingerprint density at radius 1 is 1.50 bits per heavy atom. The molecular formula is C12H13N3O3. The lowest BCUT2D eigenvalue weighted by molar-refractivity contribution is 0.0602. The van der Waals surface area contributed by atoms with Gasteiger partial charge >= 0.3 is 5.97 Å². The Bertz CT molecular complexity index is 538. The number of nitrogen functional groups attached to an aromatic ring is 1. The van der Waals surface area contributed by atoms with E-state index in [1.54, 1.807) is 24.3 Å². The summed E-state index contributed by atoms with van der Waals surface area (Å²) in [6.45, 7) is 0.501. The van der Waals surface area contributed by atoms with E-state index >= 15 is 0 Å². The topological polar surface area (TPSA) is 90.4 Å². The van der Waals surface area contributed by atoms with Gasteiger partial charge in [0.15, 0.2) is 0 Å². The average molecular weight is 247 g/mol. The zero-order valence-corrected chi connectivity index (χ0v) is 9.84. The first-order chi connectivity index (χ1) is 8.70. The minimum absolute atomic E-state index is 0.336. The number of esters is 1. The fourth-order valence-electron chi connectivity index (χ4n) is 1.47. The van der Waals surface area contributed by atoms with Crippen molar-refractivity contribution in [2.75, 3.05) is 18.2 Å². The van der Waals surface area contributed by atoms with Crippen LogP contribution in [0.5, 0.6) is 0 Å². The second-order valence-corrected chi connectivity index (χ2v) is 3.64. The molecule has 0 bridgehead atoms. The number of ether oxygens (including phenoxy) is 1. The SMILES string of the molecule is COC(=O)c1cc(NCc2ccon2)ccc1N. The number of anilines is 2. The lowest BCUT2D eigenvalue weighted by Gasteiger charge is -2.08. The zero-order valence-electron chi connectivity index (χ0n) is 9.84. The number of aromatic nitrogens is 1. The van der Waals surface area contributed by atoms with E-state index in [0.29, 0.717) is 17.8 Å². The van der Waals surface area contributed by atoms with Crippen molar-refractivity contribution in [2.45, 2.75) is 6.54 Å². The summed E-state index contributed by atoms with van der Waals surface area (Å²) in [6.07, 6.45) is 1.50. The molecule has 18 heavy (non-hydrogen) atoms. The molecule has 6 heteroatoms. The number of carbonyl (C=O) groups is 1. The molecule has 1 heterocycles. The zero-order chi connectivity index (χ0) is 13.0. The highest BCUT2D eigenvalue weighted by atomic mass is 16.5. The Labute approximate surface area is 104 Å². The van der Waals surface area contributed by atoms with Crippen LogP contribution in [0.1, 0.15) is 16.1 Å². The maximum atomic E-state index is 11.5. The molecule has 0 saturated heterocycles. The van der Waals surface area contributed by atoms with Gasteiger partial charge in [0.05, 0.1) is 19.2 Å². The van der Waals surface area contributed by atoms with Crippen molar-refractivity contribution in [1.29, 1.82) is 0 Å². The lowest BCUT2D eigenvalue weighted by atomic mass is 10.1. The van der Waals surface area contributed by atoms with E-state index in [1.165, 1.54) is 13.4 Å². The number of nitrogens with zero attached hydrogens (tertiary/aromatic N) is 1. The third kappa shape index (κ3) is 2.60. The second kappa shape index (κ2) is 5.22. The molecule has 2 aromatic rings. The van der Waals surface area contributed by atoms with Crippen LogP contribution in [0.25, 0.3) is 0 Å². The molecule has 0 aliphatic heterocycles. The number of carbonyl (C=O) groups excluding carboxylic acids is 1. The van der Waals surface area contributed by atoms with Crippen LogP contribution in [-0.2, 0) is 11.3 Å². The van der Waals surface area contributed by atoms with E-state index in [2.05, 4.69) is 15.2 Å². The third-order valence-corrected chi connectivity index (χ3v) is 2.42. The Hall–Kier alpha value is -2.50. The molecule has 0 aliphatic rings. The van der Waals surface area contributed by atoms with Crippen molar-refractivity contribution < 1.29 is 14.1 Å². The molecule has 0 unspecified atom stereocenters. The monoisotopic (exact) mass is 247 g/mol. The van der Waals surface area contributed by atoms with Crippen LogP contribution in [0.15, 0.2) is 35.1 Å². The molecule has 0 amide bonds. The van der Waals surface area contributed by atoms with Crippen LogP contribution >= 0.6 is 0 Å². The van der Waals surface area contributed by atoms with Gasteiger partial charge in [0.25, 0.3) is 0 Å². The lowest BCUT2D eigenvalue weighted by Crippen LogP contribution is -2.07. The van der Waals surface area contributed by atoms with Crippen molar-refractivity contribution in [1.82, 2.24) is 5.16 Å². The Morgan fingerprint density at radius 2 is 2.33 bits per heavy atom. The molecule has 0 fully saturated rings. The highest BCUT2D eigenvalue weighted by Gasteiger charge is 2.10. The predicted molar refractivity (Wildman–Crippen MR) is 66.0 cm³/mol. The normalized spacial score (nSPS) is 10.1. The fourth-order valence-corrected chi connectivity index (χ4v) is 1.47. The molecule has 6 nitrogen and oxygen atoms in total. The third-order valence-electron chi connectivity index (χ3n) is 2.42. The average Bonchev–Trinajstić information content (AvgIpc) is 2.90. The number of benzene rings is 1. The van der Waals surface area contributed by atoms with E-state index in [9.17, 15) is 4.79 Å². The summed E-state index contributed by atoms with van der Waals surface area (Å²) in [6, 6.07) is 6.83. The van der Waals surface area contributed by atoms with Crippen molar-refractivity contribution in [3.63, 3.8) is 0 Å². The molecule has 3 N–H and O–H groups in total. The van der Waals surface area contributed by atoms with Gasteiger partial charge in [-0.25, -0.2) is 4.79 Å². The number of hydrogen-bond acceptors (Lipinski definition) is 6. The van der Waals surface area contributed by atoms with E-state index in [4.69, 9.17) is 10.3 Å². The first-order valence-corrected chi connectivity index (χ1v) is 5.31. The maximum Gasteiger partial charge on any atom is 0.340 e. The first kappa shape index (κ1) is 12.0. The summed E-state index contributed by atoms with van der Waals surface area (Å²) in [5.74, 6) is -0.461. The van der Waals surface area contributed by atoms with Gasteiger partial charge in [-0.15, -0.1) is 0 Å². The molecule has 94 valence electrons. The number of methoxy groups -OCH3 is 1. The summed E-state index contributed by atoms with van der Waals surface area (Å²) < 4.78 is 9.37. The van der Waals surface area contributed by atoms with Gasteiger partial charge in [0.2, 0.25) is 0 Å². The van der Waals surface area contributed by atoms with Gasteiger partial charge in [-0.05, 0) is 18.2 Å². The van der Waals surface area contributed by atoms with E-state index in [0.717, 1.165) is 11.4 Å². The Balaban J connectivity index is 2.12. The van der Waals surface area contributed by atoms with Crippen molar-refractivity contribution in [2.24, 2.45) is 0 Å². The van der Waals surface area contributed by atoms with Crippen molar-refractivity contribution in [3.8, 4) is 0 Å². The quantitative estimate of drug-likeness (QED) is 0.630. The fraction of sp³-hybridized carbons (Fsp3) is 0.167. The van der Waals surface area contributed by atoms with Gasteiger partial charge in [0, 0.05) is 17.4 Å². The van der Waals surface area contributed by atoms with E-state index < -0.39 is 5.97 Å². The smallest absolute Gasteiger partial charge is 0.340 e. The van der Waals surface area contributed by atoms with E-state index in [1.807, 2.05) is 0 Å². The second-order valence-electron chi connectivity index (χ2n) is 3.64. The molecular weight excluding hydrogens is 234 g/mol. The van der Waals surface area contributed by atoms with Crippen LogP contribution < -0.4 is 11.1 Å². The Kier molecular flexibility index (Phi) is 3.47. The van der Waals surface area contributed by atoms with Crippen LogP contribution in [0, 0.1) is 0 Å². The highest BCUT2D eigenvalue weighted by molar-refractivity contribution is 5.96. The van der Waals surface area contributed by atoms with Gasteiger partial charge in [-0.1, -0.05) is 5.16 Å². The molecule has 0 radical (unpaired) electrons. The van der Waals surface area contributed by atoms with Gasteiger partial charge < -0.3 is 20.3 Å². The molecule has 0 saturated carbocycles. The number of hydrogen-bond donors (Lipinski definition) is 2. The highest BCUT2D eigenvalue weighted by Crippen LogP contribution is 2.19. The van der Waals surface area contributed by atoms with Crippen molar-refractivity contribution in [3.05, 3.63) is 41.8 Å². The van der Waals surface area contributed by atoms with Crippen LogP contribution in [0.4, 0.5) is 11.4 Å². The maximum absolute atomic E-state index is 11.5. The Morgan fingerprint density at radius 3 is 3.00 bits per heavy atom. The summed E-state index contributed by atoms with van der Waals surface area (Å²) >= 11 is 0. The minimum Gasteiger partial charge on any atom is -0.465 e. The van der Waals surface area contributed by atoms with Crippen molar-refractivity contribution >= 4 is 17.3 Å². The number of nitrogens with two attached hydrogens (primary N) is 1.